The van der Waals surface area contributed by atoms with Crippen molar-refractivity contribution in [2.45, 2.75) is 32.4 Å². The number of fused-ring (bicyclic) bond motifs is 1. The molecule has 0 saturated carbocycles. The Balaban J connectivity index is 2.19. The fraction of sp³-hybridized carbons (Fsp3) is 0.583. The van der Waals surface area contributed by atoms with E-state index in [1.165, 1.54) is 0 Å². The molecule has 1 fully saturated rings. The van der Waals surface area contributed by atoms with Gasteiger partial charge in [-0.05, 0) is 26.2 Å². The summed E-state index contributed by atoms with van der Waals surface area (Å²) in [6.45, 7) is 2.54. The van der Waals surface area contributed by atoms with Crippen LogP contribution in [0.3, 0.4) is 0 Å². The fourth-order valence-electron chi connectivity index (χ4n) is 2.35. The second-order valence-electron chi connectivity index (χ2n) is 4.52. The van der Waals surface area contributed by atoms with E-state index in [4.69, 9.17) is 21.1 Å². The van der Waals surface area contributed by atoms with Gasteiger partial charge in [0, 0.05) is 6.61 Å². The molecule has 1 aliphatic rings. The van der Waals surface area contributed by atoms with E-state index in [-0.39, 0.29) is 6.23 Å². The standard InChI is InChI=1S/C12H15ClN4O2/c1-7-14-10(13)9-11(15-7)17(12(16-9)18-2)8-5-3-4-6-19-8/h8H,3-6H2,1-2H3. The molecule has 0 aromatic carbocycles. The lowest BCUT2D eigenvalue weighted by atomic mass is 10.2. The number of ether oxygens (including phenoxy) is 2. The minimum absolute atomic E-state index is 0.0981. The molecule has 102 valence electrons. The highest BCUT2D eigenvalue weighted by molar-refractivity contribution is 6.33. The van der Waals surface area contributed by atoms with Crippen LogP contribution < -0.4 is 4.74 Å². The van der Waals surface area contributed by atoms with Gasteiger partial charge in [0.15, 0.2) is 10.8 Å². The van der Waals surface area contributed by atoms with E-state index in [1.807, 2.05) is 4.57 Å². The van der Waals surface area contributed by atoms with Crippen molar-refractivity contribution in [1.29, 1.82) is 0 Å². The van der Waals surface area contributed by atoms with Gasteiger partial charge < -0.3 is 9.47 Å². The second kappa shape index (κ2) is 4.94. The predicted molar refractivity (Wildman–Crippen MR) is 70.5 cm³/mol. The van der Waals surface area contributed by atoms with Gasteiger partial charge in [0.2, 0.25) is 0 Å². The molecule has 1 saturated heterocycles. The summed E-state index contributed by atoms with van der Waals surface area (Å²) in [6.07, 6.45) is 3.02. The summed E-state index contributed by atoms with van der Waals surface area (Å²) in [5.74, 6) is 0.608. The van der Waals surface area contributed by atoms with Crippen LogP contribution in [-0.4, -0.2) is 33.2 Å². The van der Waals surface area contributed by atoms with Crippen molar-refractivity contribution in [3.63, 3.8) is 0 Å². The lowest BCUT2D eigenvalue weighted by Crippen LogP contribution is -2.19. The van der Waals surface area contributed by atoms with Crippen LogP contribution in [0.2, 0.25) is 5.15 Å². The van der Waals surface area contributed by atoms with E-state index in [9.17, 15) is 0 Å². The molecular formula is C12H15ClN4O2. The van der Waals surface area contributed by atoms with E-state index in [0.717, 1.165) is 25.9 Å². The van der Waals surface area contributed by atoms with E-state index in [1.54, 1.807) is 14.0 Å². The molecule has 7 heteroatoms. The smallest absolute Gasteiger partial charge is 0.300 e. The number of hydrogen-bond donors (Lipinski definition) is 0. The predicted octanol–water partition coefficient (Wildman–Crippen LogP) is 2.50. The summed E-state index contributed by atoms with van der Waals surface area (Å²) in [5.41, 5.74) is 1.22. The van der Waals surface area contributed by atoms with Crippen LogP contribution in [0.4, 0.5) is 0 Å². The van der Waals surface area contributed by atoms with Crippen LogP contribution in [0, 0.1) is 6.92 Å². The van der Waals surface area contributed by atoms with Crippen molar-refractivity contribution in [1.82, 2.24) is 19.5 Å². The molecule has 0 amide bonds. The van der Waals surface area contributed by atoms with Crippen LogP contribution in [-0.2, 0) is 4.74 Å². The van der Waals surface area contributed by atoms with Crippen LogP contribution >= 0.6 is 11.6 Å². The van der Waals surface area contributed by atoms with Crippen molar-refractivity contribution < 1.29 is 9.47 Å². The number of aryl methyl sites for hydroxylation is 1. The SMILES string of the molecule is COc1nc2c(Cl)nc(C)nc2n1C1CCCCO1. The van der Waals surface area contributed by atoms with Crippen LogP contribution in [0.25, 0.3) is 11.2 Å². The second-order valence-corrected chi connectivity index (χ2v) is 4.88. The van der Waals surface area contributed by atoms with Gasteiger partial charge in [0.05, 0.1) is 7.11 Å². The Hall–Kier alpha value is -1.40. The van der Waals surface area contributed by atoms with Gasteiger partial charge in [0.1, 0.15) is 17.6 Å². The summed E-state index contributed by atoms with van der Waals surface area (Å²) in [5, 5.41) is 0.343. The first kappa shape index (κ1) is 12.6. The summed E-state index contributed by atoms with van der Waals surface area (Å²) in [7, 11) is 1.58. The third-order valence-electron chi connectivity index (χ3n) is 3.20. The number of nitrogens with zero attached hydrogens (tertiary/aromatic N) is 4. The number of imidazole rings is 1. The third-order valence-corrected chi connectivity index (χ3v) is 3.47. The normalized spacial score (nSPS) is 19.8. The summed E-state index contributed by atoms with van der Waals surface area (Å²) in [4.78, 5) is 12.9. The molecule has 3 rings (SSSR count). The first-order chi connectivity index (χ1) is 9.20. The molecule has 1 unspecified atom stereocenters. The zero-order valence-electron chi connectivity index (χ0n) is 10.9. The zero-order valence-corrected chi connectivity index (χ0v) is 11.6. The molecule has 6 nitrogen and oxygen atoms in total. The highest BCUT2D eigenvalue weighted by atomic mass is 35.5. The number of aromatic nitrogens is 4. The first-order valence-electron chi connectivity index (χ1n) is 6.28. The van der Waals surface area contributed by atoms with Gasteiger partial charge in [0.25, 0.3) is 0 Å². The summed E-state index contributed by atoms with van der Waals surface area (Å²) >= 11 is 6.12. The number of rotatable bonds is 2. The first-order valence-corrected chi connectivity index (χ1v) is 6.66. The van der Waals surface area contributed by atoms with Gasteiger partial charge >= 0.3 is 6.01 Å². The van der Waals surface area contributed by atoms with E-state index in [2.05, 4.69) is 15.0 Å². The molecule has 0 N–H and O–H groups in total. The van der Waals surface area contributed by atoms with Gasteiger partial charge in [-0.25, -0.2) is 9.97 Å². The molecule has 1 aliphatic heterocycles. The Morgan fingerprint density at radius 2 is 2.16 bits per heavy atom. The van der Waals surface area contributed by atoms with E-state index in [0.29, 0.717) is 28.2 Å². The third kappa shape index (κ3) is 2.15. The van der Waals surface area contributed by atoms with Crippen molar-refractivity contribution in [2.75, 3.05) is 13.7 Å². The fourth-order valence-corrected chi connectivity index (χ4v) is 2.60. The maximum Gasteiger partial charge on any atom is 0.300 e. The van der Waals surface area contributed by atoms with Gasteiger partial charge in [-0.1, -0.05) is 11.6 Å². The lowest BCUT2D eigenvalue weighted by Gasteiger charge is -2.24. The molecule has 0 aliphatic carbocycles. The van der Waals surface area contributed by atoms with Gasteiger partial charge in [-0.15, -0.1) is 0 Å². The quantitative estimate of drug-likeness (QED) is 0.792. The van der Waals surface area contributed by atoms with E-state index < -0.39 is 0 Å². The van der Waals surface area contributed by atoms with Crippen molar-refractivity contribution in [3.05, 3.63) is 11.0 Å². The maximum atomic E-state index is 6.12. The molecule has 1 atom stereocenters. The molecule has 3 heterocycles. The zero-order chi connectivity index (χ0) is 13.4. The van der Waals surface area contributed by atoms with Gasteiger partial charge in [-0.3, -0.25) is 4.57 Å². The minimum Gasteiger partial charge on any atom is -0.468 e. The Morgan fingerprint density at radius 3 is 2.84 bits per heavy atom. The Morgan fingerprint density at radius 1 is 1.32 bits per heavy atom. The molecule has 2 aromatic heterocycles. The number of methoxy groups -OCH3 is 1. The number of hydrogen-bond acceptors (Lipinski definition) is 5. The van der Waals surface area contributed by atoms with Crippen molar-refractivity contribution in [2.24, 2.45) is 0 Å². The highest BCUT2D eigenvalue weighted by Gasteiger charge is 2.25. The topological polar surface area (TPSA) is 62.1 Å². The molecule has 0 bridgehead atoms. The summed E-state index contributed by atoms with van der Waals surface area (Å²) < 4.78 is 13.0. The monoisotopic (exact) mass is 282 g/mol. The van der Waals surface area contributed by atoms with Crippen LogP contribution in [0.5, 0.6) is 6.01 Å². The Kier molecular flexibility index (Phi) is 3.28. The largest absolute Gasteiger partial charge is 0.468 e. The van der Waals surface area contributed by atoms with Crippen molar-refractivity contribution >= 4 is 22.8 Å². The van der Waals surface area contributed by atoms with E-state index >= 15 is 0 Å². The van der Waals surface area contributed by atoms with Crippen LogP contribution in [0.15, 0.2) is 0 Å². The molecular weight excluding hydrogens is 268 g/mol. The highest BCUT2D eigenvalue weighted by Crippen LogP contribution is 2.32. The number of halogens is 1. The molecule has 19 heavy (non-hydrogen) atoms. The van der Waals surface area contributed by atoms with Crippen molar-refractivity contribution in [3.8, 4) is 6.01 Å². The van der Waals surface area contributed by atoms with Crippen LogP contribution in [0.1, 0.15) is 31.3 Å². The minimum atomic E-state index is -0.0981. The average molecular weight is 283 g/mol. The molecule has 2 aromatic rings. The Labute approximate surface area is 115 Å². The lowest BCUT2D eigenvalue weighted by molar-refractivity contribution is -0.0334. The maximum absolute atomic E-state index is 6.12. The average Bonchev–Trinajstić information content (AvgIpc) is 2.78. The summed E-state index contributed by atoms with van der Waals surface area (Å²) in [6, 6.07) is 0.462. The molecule has 0 radical (unpaired) electrons. The molecule has 0 spiro atoms. The van der Waals surface area contributed by atoms with Gasteiger partial charge in [-0.2, -0.15) is 4.98 Å². The Bertz CT molecular complexity index is 607.